The number of nitrogens with one attached hydrogen (secondary N) is 1. The van der Waals surface area contributed by atoms with E-state index in [9.17, 15) is 0 Å². The van der Waals surface area contributed by atoms with Crippen molar-refractivity contribution >= 4 is 11.8 Å². The molecular weight excluding hydrogens is 202 g/mol. The molecule has 15 heavy (non-hydrogen) atoms. The Balaban J connectivity index is 2.40. The van der Waals surface area contributed by atoms with Gasteiger partial charge in [0.1, 0.15) is 0 Å². The predicted octanol–water partition coefficient (Wildman–Crippen LogP) is 3.40. The smallest absolute Gasteiger partial charge is 0.00209 e. The summed E-state index contributed by atoms with van der Waals surface area (Å²) in [6.45, 7) is 3.59. The maximum Gasteiger partial charge on any atom is -0.00209 e. The van der Waals surface area contributed by atoms with Gasteiger partial charge >= 0.3 is 0 Å². The Morgan fingerprint density at radius 3 is 2.67 bits per heavy atom. The van der Waals surface area contributed by atoms with Gasteiger partial charge in [-0.1, -0.05) is 19.8 Å². The monoisotopic (exact) mass is 229 g/mol. The topological polar surface area (TPSA) is 12.0 Å². The Kier molecular flexibility index (Phi) is 6.74. The highest BCUT2D eigenvalue weighted by molar-refractivity contribution is 7.98. The Bertz CT molecular complexity index is 161. The molecule has 0 radical (unpaired) electrons. The summed E-state index contributed by atoms with van der Waals surface area (Å²) in [5.41, 5.74) is 0. The second-order valence-electron chi connectivity index (χ2n) is 4.95. The summed E-state index contributed by atoms with van der Waals surface area (Å²) in [4.78, 5) is 0. The molecule has 3 unspecified atom stereocenters. The zero-order valence-corrected chi connectivity index (χ0v) is 11.4. The van der Waals surface area contributed by atoms with Crippen LogP contribution in [0.15, 0.2) is 0 Å². The maximum absolute atomic E-state index is 3.37. The summed E-state index contributed by atoms with van der Waals surface area (Å²) in [6.07, 6.45) is 9.47. The van der Waals surface area contributed by atoms with Crippen LogP contribution in [0.5, 0.6) is 0 Å². The van der Waals surface area contributed by atoms with Gasteiger partial charge in [0, 0.05) is 0 Å². The lowest BCUT2D eigenvalue weighted by molar-refractivity contribution is 0.171. The van der Waals surface area contributed by atoms with Gasteiger partial charge in [-0.25, -0.2) is 0 Å². The molecule has 1 aliphatic rings. The first-order valence-corrected chi connectivity index (χ1v) is 7.84. The highest BCUT2D eigenvalue weighted by Crippen LogP contribution is 2.37. The fourth-order valence-corrected chi connectivity index (χ4v) is 3.49. The average Bonchev–Trinajstić information content (AvgIpc) is 2.28. The minimum absolute atomic E-state index is 0.949. The van der Waals surface area contributed by atoms with E-state index in [1.165, 1.54) is 44.4 Å². The number of thioether (sulfide) groups is 1. The van der Waals surface area contributed by atoms with Crippen LogP contribution in [0.4, 0.5) is 0 Å². The van der Waals surface area contributed by atoms with E-state index in [0.29, 0.717) is 0 Å². The van der Waals surface area contributed by atoms with Gasteiger partial charge in [0.2, 0.25) is 0 Å². The van der Waals surface area contributed by atoms with E-state index in [1.54, 1.807) is 0 Å². The molecule has 0 spiro atoms. The van der Waals surface area contributed by atoms with E-state index in [4.69, 9.17) is 0 Å². The summed E-state index contributed by atoms with van der Waals surface area (Å²) in [5.74, 6) is 4.31. The van der Waals surface area contributed by atoms with Gasteiger partial charge in [-0.15, -0.1) is 0 Å². The van der Waals surface area contributed by atoms with Gasteiger partial charge in [0.15, 0.2) is 0 Å². The fourth-order valence-electron chi connectivity index (χ4n) is 2.95. The molecule has 1 saturated carbocycles. The van der Waals surface area contributed by atoms with Crippen molar-refractivity contribution in [1.82, 2.24) is 5.32 Å². The Labute approximate surface area is 99.8 Å². The Hall–Kier alpha value is 0.310. The van der Waals surface area contributed by atoms with E-state index >= 15 is 0 Å². The predicted molar refractivity (Wildman–Crippen MR) is 71.5 cm³/mol. The molecule has 0 aromatic carbocycles. The molecule has 0 aliphatic heterocycles. The number of rotatable bonds is 6. The molecule has 1 rings (SSSR count). The summed E-state index contributed by atoms with van der Waals surface area (Å²) < 4.78 is 0. The van der Waals surface area contributed by atoms with Crippen LogP contribution in [0, 0.1) is 17.8 Å². The molecular formula is C13H27NS. The molecule has 3 atom stereocenters. The first-order chi connectivity index (χ1) is 7.31. The maximum atomic E-state index is 3.37. The van der Waals surface area contributed by atoms with Crippen LogP contribution in [0.25, 0.3) is 0 Å². The van der Waals surface area contributed by atoms with Crippen molar-refractivity contribution in [2.24, 2.45) is 17.8 Å². The minimum atomic E-state index is 0.949. The highest BCUT2D eigenvalue weighted by Gasteiger charge is 2.28. The van der Waals surface area contributed by atoms with Gasteiger partial charge in [0.25, 0.3) is 0 Å². The second-order valence-corrected chi connectivity index (χ2v) is 5.93. The van der Waals surface area contributed by atoms with Crippen molar-refractivity contribution in [2.75, 3.05) is 25.6 Å². The lowest BCUT2D eigenvalue weighted by Gasteiger charge is -2.36. The first-order valence-electron chi connectivity index (χ1n) is 6.45. The van der Waals surface area contributed by atoms with Crippen molar-refractivity contribution in [2.45, 2.75) is 39.0 Å². The molecule has 1 N–H and O–H groups in total. The molecule has 2 heteroatoms. The van der Waals surface area contributed by atoms with Gasteiger partial charge in [-0.2, -0.15) is 11.8 Å². The van der Waals surface area contributed by atoms with Crippen LogP contribution in [0.2, 0.25) is 0 Å². The quantitative estimate of drug-likeness (QED) is 0.749. The number of hydrogen-bond acceptors (Lipinski definition) is 2. The second kappa shape index (κ2) is 7.56. The lowest BCUT2D eigenvalue weighted by atomic mass is 9.72. The van der Waals surface area contributed by atoms with Crippen LogP contribution in [0.1, 0.15) is 39.0 Å². The standard InChI is InChI=1S/C13H27NS/c1-4-11-5-6-13(10-14-2)12(9-11)7-8-15-3/h11-14H,4-10H2,1-3H3. The lowest BCUT2D eigenvalue weighted by Crippen LogP contribution is -2.32. The summed E-state index contributed by atoms with van der Waals surface area (Å²) in [5, 5.41) is 3.37. The fraction of sp³-hybridized carbons (Fsp3) is 1.00. The average molecular weight is 229 g/mol. The molecule has 0 aromatic heterocycles. The molecule has 0 saturated heterocycles. The van der Waals surface area contributed by atoms with E-state index < -0.39 is 0 Å². The van der Waals surface area contributed by atoms with Crippen LogP contribution >= 0.6 is 11.8 Å². The summed E-state index contributed by atoms with van der Waals surface area (Å²) in [7, 11) is 2.09. The molecule has 1 nitrogen and oxygen atoms in total. The molecule has 0 amide bonds. The van der Waals surface area contributed by atoms with Gasteiger partial charge in [0.05, 0.1) is 0 Å². The molecule has 1 fully saturated rings. The third kappa shape index (κ3) is 4.36. The van der Waals surface area contributed by atoms with Crippen LogP contribution in [-0.4, -0.2) is 25.6 Å². The van der Waals surface area contributed by atoms with Crippen molar-refractivity contribution in [3.05, 3.63) is 0 Å². The summed E-state index contributed by atoms with van der Waals surface area (Å²) >= 11 is 2.00. The zero-order chi connectivity index (χ0) is 11.1. The zero-order valence-electron chi connectivity index (χ0n) is 10.6. The van der Waals surface area contributed by atoms with Gasteiger partial charge in [-0.3, -0.25) is 0 Å². The van der Waals surface area contributed by atoms with Gasteiger partial charge in [-0.05, 0) is 62.6 Å². The minimum Gasteiger partial charge on any atom is -0.319 e. The van der Waals surface area contributed by atoms with Crippen molar-refractivity contribution in [3.63, 3.8) is 0 Å². The van der Waals surface area contributed by atoms with Crippen molar-refractivity contribution in [3.8, 4) is 0 Å². The van der Waals surface area contributed by atoms with E-state index in [0.717, 1.165) is 17.8 Å². The first kappa shape index (κ1) is 13.4. The van der Waals surface area contributed by atoms with E-state index in [1.807, 2.05) is 11.8 Å². The van der Waals surface area contributed by atoms with Gasteiger partial charge < -0.3 is 5.32 Å². The van der Waals surface area contributed by atoms with E-state index in [-0.39, 0.29) is 0 Å². The third-order valence-electron chi connectivity index (χ3n) is 3.98. The van der Waals surface area contributed by atoms with Crippen molar-refractivity contribution in [1.29, 1.82) is 0 Å². The Morgan fingerprint density at radius 1 is 1.27 bits per heavy atom. The number of hydrogen-bond donors (Lipinski definition) is 1. The molecule has 0 aromatic rings. The van der Waals surface area contributed by atoms with Crippen LogP contribution in [0.3, 0.4) is 0 Å². The highest BCUT2D eigenvalue weighted by atomic mass is 32.2. The van der Waals surface area contributed by atoms with Crippen LogP contribution < -0.4 is 5.32 Å². The molecule has 1 aliphatic carbocycles. The van der Waals surface area contributed by atoms with Crippen molar-refractivity contribution < 1.29 is 0 Å². The largest absolute Gasteiger partial charge is 0.319 e. The third-order valence-corrected chi connectivity index (χ3v) is 4.63. The summed E-state index contributed by atoms with van der Waals surface area (Å²) in [6, 6.07) is 0. The normalized spacial score (nSPS) is 31.8. The SMILES string of the molecule is CCC1CCC(CNC)C(CCSC)C1. The van der Waals surface area contributed by atoms with Crippen LogP contribution in [-0.2, 0) is 0 Å². The molecule has 0 bridgehead atoms. The Morgan fingerprint density at radius 2 is 2.07 bits per heavy atom. The molecule has 0 heterocycles. The molecule has 90 valence electrons. The van der Waals surface area contributed by atoms with E-state index in [2.05, 4.69) is 25.5 Å².